The van der Waals surface area contributed by atoms with Gasteiger partial charge in [0.1, 0.15) is 5.52 Å². The first kappa shape index (κ1) is 13.7. The van der Waals surface area contributed by atoms with Crippen LogP contribution in [0.15, 0.2) is 46.9 Å². The maximum Gasteiger partial charge on any atom is 0.270 e. The Bertz CT molecular complexity index is 887. The predicted octanol–water partition coefficient (Wildman–Crippen LogP) is 2.01. The van der Waals surface area contributed by atoms with Crippen LogP contribution in [0.1, 0.15) is 10.4 Å². The number of hydrogen-bond acceptors (Lipinski definition) is 6. The Kier molecular flexibility index (Phi) is 3.28. The summed E-state index contributed by atoms with van der Waals surface area (Å²) in [4.78, 5) is 26.1. The van der Waals surface area contributed by atoms with Crippen molar-refractivity contribution in [1.29, 1.82) is 0 Å². The van der Waals surface area contributed by atoms with Crippen LogP contribution in [0.25, 0.3) is 22.6 Å². The normalized spacial score (nSPS) is 10.6. The number of nitro benzene ring substituents is 1. The Morgan fingerprint density at radius 1 is 1.27 bits per heavy atom. The first-order valence-corrected chi connectivity index (χ1v) is 6.25. The monoisotopic (exact) mass is 298 g/mol. The van der Waals surface area contributed by atoms with Gasteiger partial charge in [-0.05, 0) is 24.3 Å². The summed E-state index contributed by atoms with van der Waals surface area (Å²) in [5, 5.41) is 10.8. The Labute approximate surface area is 123 Å². The quantitative estimate of drug-likeness (QED) is 0.330. The minimum Gasteiger partial charge on any atom is -0.436 e. The maximum atomic E-state index is 11.5. The van der Waals surface area contributed by atoms with E-state index in [-0.39, 0.29) is 11.6 Å². The van der Waals surface area contributed by atoms with Gasteiger partial charge in [0.15, 0.2) is 5.58 Å². The number of hydrazine groups is 1. The molecule has 0 radical (unpaired) electrons. The molecule has 0 spiro atoms. The van der Waals surface area contributed by atoms with Crippen LogP contribution in [0.4, 0.5) is 5.69 Å². The molecule has 0 fully saturated rings. The third-order valence-corrected chi connectivity index (χ3v) is 3.08. The van der Waals surface area contributed by atoms with Crippen molar-refractivity contribution in [2.24, 2.45) is 5.84 Å². The zero-order chi connectivity index (χ0) is 15.7. The smallest absolute Gasteiger partial charge is 0.270 e. The predicted molar refractivity (Wildman–Crippen MR) is 77.8 cm³/mol. The number of carbonyl (C=O) groups is 1. The van der Waals surface area contributed by atoms with Crippen molar-refractivity contribution < 1.29 is 14.1 Å². The molecule has 3 aromatic rings. The highest BCUT2D eigenvalue weighted by Gasteiger charge is 2.13. The van der Waals surface area contributed by atoms with Crippen LogP contribution in [-0.2, 0) is 0 Å². The second-order valence-electron chi connectivity index (χ2n) is 4.48. The topological polar surface area (TPSA) is 124 Å². The molecule has 1 heterocycles. The molecule has 0 saturated heterocycles. The highest BCUT2D eigenvalue weighted by molar-refractivity contribution is 5.96. The number of non-ortho nitro benzene ring substituents is 1. The molecule has 1 amide bonds. The number of nitrogens with one attached hydrogen (secondary N) is 1. The van der Waals surface area contributed by atoms with Gasteiger partial charge < -0.3 is 4.42 Å². The third-order valence-electron chi connectivity index (χ3n) is 3.08. The number of nitro groups is 1. The van der Waals surface area contributed by atoms with Gasteiger partial charge in [-0.2, -0.15) is 0 Å². The van der Waals surface area contributed by atoms with Gasteiger partial charge in [-0.25, -0.2) is 10.8 Å². The molecular weight excluding hydrogens is 288 g/mol. The van der Waals surface area contributed by atoms with E-state index in [1.165, 1.54) is 18.2 Å². The van der Waals surface area contributed by atoms with E-state index >= 15 is 0 Å². The van der Waals surface area contributed by atoms with Crippen LogP contribution in [0.2, 0.25) is 0 Å². The number of benzene rings is 2. The van der Waals surface area contributed by atoms with Crippen molar-refractivity contribution in [3.8, 4) is 11.5 Å². The molecule has 8 heteroatoms. The lowest BCUT2D eigenvalue weighted by molar-refractivity contribution is -0.384. The summed E-state index contributed by atoms with van der Waals surface area (Å²) in [7, 11) is 0. The van der Waals surface area contributed by atoms with Gasteiger partial charge in [-0.1, -0.05) is 6.07 Å². The van der Waals surface area contributed by atoms with E-state index < -0.39 is 10.8 Å². The lowest BCUT2D eigenvalue weighted by Crippen LogP contribution is -2.29. The minimum absolute atomic E-state index is 0.0528. The van der Waals surface area contributed by atoms with E-state index in [1.807, 2.05) is 5.43 Å². The molecule has 0 aliphatic heterocycles. The first-order chi connectivity index (χ1) is 10.6. The van der Waals surface area contributed by atoms with Crippen LogP contribution >= 0.6 is 0 Å². The maximum absolute atomic E-state index is 11.5. The van der Waals surface area contributed by atoms with E-state index in [0.717, 1.165) is 0 Å². The summed E-state index contributed by atoms with van der Waals surface area (Å²) in [5.74, 6) is 4.88. The molecule has 0 aliphatic carbocycles. The molecule has 110 valence electrons. The number of nitrogen functional groups attached to an aromatic ring is 1. The molecule has 0 unspecified atom stereocenters. The van der Waals surface area contributed by atoms with E-state index in [4.69, 9.17) is 10.3 Å². The average molecular weight is 298 g/mol. The van der Waals surface area contributed by atoms with Crippen molar-refractivity contribution >= 4 is 22.7 Å². The molecule has 0 saturated carbocycles. The van der Waals surface area contributed by atoms with E-state index in [1.54, 1.807) is 24.3 Å². The van der Waals surface area contributed by atoms with Gasteiger partial charge in [-0.15, -0.1) is 0 Å². The van der Waals surface area contributed by atoms with E-state index in [9.17, 15) is 14.9 Å². The van der Waals surface area contributed by atoms with Gasteiger partial charge in [-0.3, -0.25) is 20.3 Å². The number of hydrogen-bond donors (Lipinski definition) is 2. The number of fused-ring (bicyclic) bond motifs is 1. The molecule has 0 aliphatic rings. The fraction of sp³-hybridized carbons (Fsp3) is 0. The molecule has 3 N–H and O–H groups in total. The van der Waals surface area contributed by atoms with Gasteiger partial charge in [0.2, 0.25) is 5.89 Å². The molecule has 1 aromatic heterocycles. The summed E-state index contributed by atoms with van der Waals surface area (Å²) >= 11 is 0. The van der Waals surface area contributed by atoms with Crippen molar-refractivity contribution in [2.45, 2.75) is 0 Å². The van der Waals surface area contributed by atoms with Crippen LogP contribution in [0, 0.1) is 10.1 Å². The molecule has 0 bridgehead atoms. The molecule has 22 heavy (non-hydrogen) atoms. The number of rotatable bonds is 3. The van der Waals surface area contributed by atoms with Crippen molar-refractivity contribution in [2.75, 3.05) is 0 Å². The Balaban J connectivity index is 2.07. The number of nitrogens with zero attached hydrogens (tertiary/aromatic N) is 2. The van der Waals surface area contributed by atoms with Crippen LogP contribution in [-0.4, -0.2) is 15.8 Å². The lowest BCUT2D eigenvalue weighted by atomic mass is 10.2. The number of nitrogens with two attached hydrogens (primary N) is 1. The lowest BCUT2D eigenvalue weighted by Gasteiger charge is -1.97. The second kappa shape index (κ2) is 5.26. The van der Waals surface area contributed by atoms with Crippen LogP contribution in [0.5, 0.6) is 0 Å². The van der Waals surface area contributed by atoms with E-state index in [2.05, 4.69) is 4.98 Å². The summed E-state index contributed by atoms with van der Waals surface area (Å²) in [6.45, 7) is 0. The standard InChI is InChI=1S/C14H10N4O4/c15-17-13(19)8-4-5-12-11(7-8)16-14(22-12)9-2-1-3-10(6-9)18(20)21/h1-7H,15H2,(H,17,19). The average Bonchev–Trinajstić information content (AvgIpc) is 2.97. The minimum atomic E-state index is -0.490. The summed E-state index contributed by atoms with van der Waals surface area (Å²) in [6, 6.07) is 10.6. The molecule has 0 atom stereocenters. The Hall–Kier alpha value is -3.26. The Morgan fingerprint density at radius 2 is 2.09 bits per heavy atom. The Morgan fingerprint density at radius 3 is 2.82 bits per heavy atom. The van der Waals surface area contributed by atoms with E-state index in [0.29, 0.717) is 22.2 Å². The number of amides is 1. The fourth-order valence-corrected chi connectivity index (χ4v) is 2.03. The highest BCUT2D eigenvalue weighted by Crippen LogP contribution is 2.27. The first-order valence-electron chi connectivity index (χ1n) is 6.25. The number of carbonyl (C=O) groups excluding carboxylic acids is 1. The zero-order valence-corrected chi connectivity index (χ0v) is 11.1. The molecular formula is C14H10N4O4. The largest absolute Gasteiger partial charge is 0.436 e. The SMILES string of the molecule is NNC(=O)c1ccc2oc(-c3cccc([N+](=O)[O-])c3)nc2c1. The summed E-state index contributed by atoms with van der Waals surface area (Å²) in [6.07, 6.45) is 0. The van der Waals surface area contributed by atoms with Gasteiger partial charge in [0, 0.05) is 23.3 Å². The highest BCUT2D eigenvalue weighted by atomic mass is 16.6. The number of aromatic nitrogens is 1. The van der Waals surface area contributed by atoms with Crippen LogP contribution < -0.4 is 11.3 Å². The molecule has 2 aromatic carbocycles. The third kappa shape index (κ3) is 2.38. The summed E-state index contributed by atoms with van der Waals surface area (Å²) in [5.41, 5.74) is 3.73. The van der Waals surface area contributed by atoms with Gasteiger partial charge in [0.05, 0.1) is 4.92 Å². The van der Waals surface area contributed by atoms with Gasteiger partial charge >= 0.3 is 0 Å². The van der Waals surface area contributed by atoms with Crippen LogP contribution in [0.3, 0.4) is 0 Å². The fourth-order valence-electron chi connectivity index (χ4n) is 2.03. The van der Waals surface area contributed by atoms with Crippen molar-refractivity contribution in [3.63, 3.8) is 0 Å². The van der Waals surface area contributed by atoms with Gasteiger partial charge in [0.25, 0.3) is 11.6 Å². The van der Waals surface area contributed by atoms with Crippen molar-refractivity contribution in [1.82, 2.24) is 10.4 Å². The van der Waals surface area contributed by atoms with Crippen molar-refractivity contribution in [3.05, 3.63) is 58.1 Å². The summed E-state index contributed by atoms with van der Waals surface area (Å²) < 4.78 is 5.56. The number of oxazole rings is 1. The second-order valence-corrected chi connectivity index (χ2v) is 4.48. The molecule has 3 rings (SSSR count). The molecule has 8 nitrogen and oxygen atoms in total. The zero-order valence-electron chi connectivity index (χ0n) is 11.1.